The molecule has 1 N–H and O–H groups in total. The van der Waals surface area contributed by atoms with Gasteiger partial charge in [-0.05, 0) is 13.8 Å². The van der Waals surface area contributed by atoms with Crippen LogP contribution in [-0.2, 0) is 24.3 Å². The Bertz CT molecular complexity index is 449. The van der Waals surface area contributed by atoms with Crippen LogP contribution in [0.25, 0.3) is 0 Å². The zero-order valence-electron chi connectivity index (χ0n) is 10.7. The van der Waals surface area contributed by atoms with Gasteiger partial charge in [0.25, 0.3) is 0 Å². The van der Waals surface area contributed by atoms with Crippen molar-refractivity contribution in [2.75, 3.05) is 24.7 Å². The van der Waals surface area contributed by atoms with E-state index in [4.69, 9.17) is 9.84 Å². The van der Waals surface area contributed by atoms with Crippen LogP contribution in [0.1, 0.15) is 13.8 Å². The summed E-state index contributed by atoms with van der Waals surface area (Å²) in [4.78, 5) is 22.6. The number of ether oxygens (including phenoxy) is 1. The average molecular weight is 311 g/mol. The van der Waals surface area contributed by atoms with E-state index in [9.17, 15) is 18.0 Å². The largest absolute Gasteiger partial charge is 0.480 e. The predicted molar refractivity (Wildman–Crippen MR) is 70.5 cm³/mol. The summed E-state index contributed by atoms with van der Waals surface area (Å²) >= 11 is 1.44. The lowest BCUT2D eigenvalue weighted by Gasteiger charge is -2.33. The fraction of sp³-hybridized carbons (Fsp3) is 0.800. The predicted octanol–water partition coefficient (Wildman–Crippen LogP) is -0.230. The van der Waals surface area contributed by atoms with E-state index in [1.165, 1.54) is 11.8 Å². The molecule has 0 bridgehead atoms. The lowest BCUT2D eigenvalue weighted by atomic mass is 10.3. The third-order valence-corrected chi connectivity index (χ3v) is 5.97. The maximum atomic E-state index is 12.2. The fourth-order valence-electron chi connectivity index (χ4n) is 1.65. The molecule has 9 heteroatoms. The maximum Gasteiger partial charge on any atom is 0.325 e. The third-order valence-electron chi connectivity index (χ3n) is 2.76. The number of sulfonamides is 1. The summed E-state index contributed by atoms with van der Waals surface area (Å²) in [5, 5.41) is 7.27. The topological polar surface area (TPSA) is 101 Å². The molecule has 0 saturated carbocycles. The highest BCUT2D eigenvalue weighted by atomic mass is 32.2. The number of esters is 1. The number of nitrogens with zero attached hydrogens (tertiary/aromatic N) is 1. The molecule has 0 spiro atoms. The van der Waals surface area contributed by atoms with Crippen LogP contribution < -0.4 is 0 Å². The van der Waals surface area contributed by atoms with Crippen molar-refractivity contribution in [1.82, 2.24) is 4.31 Å². The van der Waals surface area contributed by atoms with Crippen molar-refractivity contribution in [2.45, 2.75) is 25.1 Å². The van der Waals surface area contributed by atoms with Crippen molar-refractivity contribution in [1.29, 1.82) is 0 Å². The molecule has 2 unspecified atom stereocenters. The Hall–Kier alpha value is -0.800. The van der Waals surface area contributed by atoms with Crippen LogP contribution >= 0.6 is 11.8 Å². The quantitative estimate of drug-likeness (QED) is 0.700. The highest BCUT2D eigenvalue weighted by molar-refractivity contribution is 7.99. The molecule has 0 amide bonds. The molecule has 1 aliphatic rings. The van der Waals surface area contributed by atoms with Crippen molar-refractivity contribution >= 4 is 33.7 Å². The Morgan fingerprint density at radius 2 is 2.16 bits per heavy atom. The normalized spacial score (nSPS) is 22.7. The van der Waals surface area contributed by atoms with Gasteiger partial charge < -0.3 is 9.84 Å². The van der Waals surface area contributed by atoms with Crippen LogP contribution in [0.2, 0.25) is 0 Å². The molecule has 7 nitrogen and oxygen atoms in total. The molecule has 110 valence electrons. The smallest absolute Gasteiger partial charge is 0.325 e. The van der Waals surface area contributed by atoms with Crippen LogP contribution in [0.4, 0.5) is 0 Å². The molecule has 19 heavy (non-hydrogen) atoms. The van der Waals surface area contributed by atoms with Gasteiger partial charge in [0.15, 0.2) is 5.25 Å². The first-order valence-corrected chi connectivity index (χ1v) is 8.46. The van der Waals surface area contributed by atoms with Gasteiger partial charge in [-0.2, -0.15) is 16.1 Å². The molecule has 2 atom stereocenters. The number of aliphatic carboxylic acids is 1. The van der Waals surface area contributed by atoms with Gasteiger partial charge >= 0.3 is 11.9 Å². The molecule has 1 aliphatic heterocycles. The molecule has 0 radical (unpaired) electrons. The van der Waals surface area contributed by atoms with Gasteiger partial charge in [0.05, 0.1) is 6.61 Å². The summed E-state index contributed by atoms with van der Waals surface area (Å²) in [6.07, 6.45) is 0. The summed E-state index contributed by atoms with van der Waals surface area (Å²) in [7, 11) is -4.05. The fourth-order valence-corrected chi connectivity index (χ4v) is 4.41. The van der Waals surface area contributed by atoms with E-state index in [0.717, 1.165) is 11.2 Å². The Morgan fingerprint density at radius 3 is 2.68 bits per heavy atom. The van der Waals surface area contributed by atoms with Gasteiger partial charge in [0.2, 0.25) is 10.0 Å². The summed E-state index contributed by atoms with van der Waals surface area (Å²) in [5.74, 6) is -1.25. The minimum absolute atomic E-state index is 0.119. The first kappa shape index (κ1) is 16.3. The Balaban J connectivity index is 3.00. The van der Waals surface area contributed by atoms with E-state index in [-0.39, 0.29) is 18.9 Å². The number of hydrogen-bond donors (Lipinski definition) is 1. The minimum atomic E-state index is -4.05. The molecule has 0 aromatic rings. The zero-order valence-corrected chi connectivity index (χ0v) is 12.4. The van der Waals surface area contributed by atoms with Crippen LogP contribution in [0.3, 0.4) is 0 Å². The maximum absolute atomic E-state index is 12.2. The molecule has 1 saturated heterocycles. The standard InChI is InChI=1S/C10H17NO6S2/c1-3-17-10(14)8-6-18-5-4-11(8)19(15,16)7(2)9(12)13/h7-8H,3-6H2,1-2H3,(H,12,13). The monoisotopic (exact) mass is 311 g/mol. The number of hydrogen-bond acceptors (Lipinski definition) is 6. The second kappa shape index (κ2) is 6.58. The van der Waals surface area contributed by atoms with E-state index in [2.05, 4.69) is 0 Å². The van der Waals surface area contributed by atoms with E-state index >= 15 is 0 Å². The van der Waals surface area contributed by atoms with E-state index in [1.807, 2.05) is 0 Å². The van der Waals surface area contributed by atoms with Crippen molar-refractivity contribution in [3.8, 4) is 0 Å². The zero-order chi connectivity index (χ0) is 14.6. The summed E-state index contributed by atoms with van der Waals surface area (Å²) in [6.45, 7) is 3.00. The van der Waals surface area contributed by atoms with Crippen molar-refractivity contribution in [2.24, 2.45) is 0 Å². The molecule has 0 aliphatic carbocycles. The van der Waals surface area contributed by atoms with E-state index in [0.29, 0.717) is 5.75 Å². The van der Waals surface area contributed by atoms with Crippen LogP contribution in [0.15, 0.2) is 0 Å². The molecule has 0 aromatic carbocycles. The molecular weight excluding hydrogens is 294 g/mol. The summed E-state index contributed by atoms with van der Waals surface area (Å²) < 4.78 is 30.1. The highest BCUT2D eigenvalue weighted by Gasteiger charge is 2.42. The number of thioether (sulfide) groups is 1. The third kappa shape index (κ3) is 3.61. The molecule has 1 rings (SSSR count). The van der Waals surface area contributed by atoms with Crippen molar-refractivity contribution in [3.63, 3.8) is 0 Å². The Kier molecular flexibility index (Phi) is 5.63. The van der Waals surface area contributed by atoms with Gasteiger partial charge in [-0.25, -0.2) is 8.42 Å². The minimum Gasteiger partial charge on any atom is -0.480 e. The second-order valence-corrected chi connectivity index (χ2v) is 7.33. The van der Waals surface area contributed by atoms with E-state index in [1.54, 1.807) is 6.92 Å². The van der Waals surface area contributed by atoms with Crippen LogP contribution in [0, 0.1) is 0 Å². The van der Waals surface area contributed by atoms with Gasteiger partial charge in [-0.15, -0.1) is 0 Å². The Labute approximate surface area is 116 Å². The lowest BCUT2D eigenvalue weighted by molar-refractivity contribution is -0.147. The van der Waals surface area contributed by atoms with Crippen LogP contribution in [0.5, 0.6) is 0 Å². The number of carbonyl (C=O) groups is 2. The highest BCUT2D eigenvalue weighted by Crippen LogP contribution is 2.23. The lowest BCUT2D eigenvalue weighted by Crippen LogP contribution is -2.54. The first-order valence-electron chi connectivity index (χ1n) is 5.80. The van der Waals surface area contributed by atoms with Crippen molar-refractivity contribution in [3.05, 3.63) is 0 Å². The van der Waals surface area contributed by atoms with Gasteiger partial charge in [-0.3, -0.25) is 9.59 Å². The van der Waals surface area contributed by atoms with Gasteiger partial charge in [-0.1, -0.05) is 0 Å². The average Bonchev–Trinajstić information content (AvgIpc) is 2.38. The van der Waals surface area contributed by atoms with Crippen LogP contribution in [-0.4, -0.2) is 65.7 Å². The molecule has 0 aromatic heterocycles. The molecular formula is C10H17NO6S2. The number of carboxylic acid groups (broad SMARTS) is 1. The SMILES string of the molecule is CCOC(=O)C1CSCCN1S(=O)(=O)C(C)C(=O)O. The van der Waals surface area contributed by atoms with Crippen molar-refractivity contribution < 1.29 is 27.9 Å². The molecule has 1 heterocycles. The number of rotatable bonds is 5. The first-order chi connectivity index (χ1) is 8.82. The number of carbonyl (C=O) groups excluding carboxylic acids is 1. The Morgan fingerprint density at radius 1 is 1.53 bits per heavy atom. The van der Waals surface area contributed by atoms with E-state index < -0.39 is 33.3 Å². The summed E-state index contributed by atoms with van der Waals surface area (Å²) in [5.41, 5.74) is 0. The molecule has 1 fully saturated rings. The van der Waals surface area contributed by atoms with Gasteiger partial charge in [0.1, 0.15) is 6.04 Å². The van der Waals surface area contributed by atoms with Gasteiger partial charge in [0, 0.05) is 18.1 Å². The number of carboxylic acids is 1. The second-order valence-electron chi connectivity index (χ2n) is 3.98. The summed E-state index contributed by atoms with van der Waals surface area (Å²) in [6, 6.07) is -0.939.